The topological polar surface area (TPSA) is 15.7 Å². The van der Waals surface area contributed by atoms with E-state index in [1.165, 1.54) is 11.3 Å². The summed E-state index contributed by atoms with van der Waals surface area (Å²) in [7, 11) is 5.80. The molecule has 0 atom stereocenters. The molecule has 0 amide bonds. The number of hydrogen-bond donors (Lipinski definition) is 0. The maximum Gasteiger partial charge on any atom is 0.119 e. The van der Waals surface area contributed by atoms with Crippen molar-refractivity contribution in [3.8, 4) is 5.75 Å². The second-order valence-electron chi connectivity index (χ2n) is 6.23. The van der Waals surface area contributed by atoms with Gasteiger partial charge in [-0.1, -0.05) is 18.2 Å². The average Bonchev–Trinajstić information content (AvgIpc) is 2.64. The first kappa shape index (κ1) is 16.9. The number of hydrogen-bond acceptors (Lipinski definition) is 3. The molecule has 0 radical (unpaired) electrons. The lowest BCUT2D eigenvalue weighted by atomic mass is 10.1. The Balaban J connectivity index is 2.10. The zero-order valence-corrected chi connectivity index (χ0v) is 15.2. The number of nitrogens with zero attached hydrogens (tertiary/aromatic N) is 2. The van der Waals surface area contributed by atoms with Gasteiger partial charge in [-0.25, -0.2) is 0 Å². The summed E-state index contributed by atoms with van der Waals surface area (Å²) in [4.78, 5) is 4.38. The van der Waals surface area contributed by atoms with E-state index >= 15 is 0 Å². The first-order valence-corrected chi connectivity index (χ1v) is 8.37. The molecular weight excluding hydrogens is 308 g/mol. The molecule has 128 valence electrons. The van der Waals surface area contributed by atoms with Gasteiger partial charge < -0.3 is 14.5 Å². The molecule has 0 spiro atoms. The SMILES string of the molecule is COc1ccc(N(c2ccccc2)c2ccc(N(C)C)cc2)c(C)c1. The third kappa shape index (κ3) is 3.61. The molecule has 0 aliphatic heterocycles. The van der Waals surface area contributed by atoms with Gasteiger partial charge in [-0.05, 0) is 67.1 Å². The van der Waals surface area contributed by atoms with Crippen molar-refractivity contribution in [3.63, 3.8) is 0 Å². The number of aryl methyl sites for hydroxylation is 1. The van der Waals surface area contributed by atoms with Gasteiger partial charge in [0.1, 0.15) is 5.75 Å². The van der Waals surface area contributed by atoms with Crippen LogP contribution in [0, 0.1) is 6.92 Å². The Hall–Kier alpha value is -2.94. The van der Waals surface area contributed by atoms with Gasteiger partial charge in [0.15, 0.2) is 0 Å². The van der Waals surface area contributed by atoms with Gasteiger partial charge in [-0.15, -0.1) is 0 Å². The fourth-order valence-electron chi connectivity index (χ4n) is 2.91. The smallest absolute Gasteiger partial charge is 0.119 e. The Labute approximate surface area is 150 Å². The molecular formula is C22H24N2O. The maximum atomic E-state index is 5.36. The highest BCUT2D eigenvalue weighted by Crippen LogP contribution is 2.37. The highest BCUT2D eigenvalue weighted by atomic mass is 16.5. The van der Waals surface area contributed by atoms with Crippen molar-refractivity contribution >= 4 is 22.7 Å². The van der Waals surface area contributed by atoms with Crippen molar-refractivity contribution in [3.05, 3.63) is 78.4 Å². The van der Waals surface area contributed by atoms with E-state index in [9.17, 15) is 0 Å². The second-order valence-corrected chi connectivity index (χ2v) is 6.23. The molecule has 0 unspecified atom stereocenters. The number of ether oxygens (including phenoxy) is 1. The Morgan fingerprint density at radius 1 is 0.720 bits per heavy atom. The highest BCUT2D eigenvalue weighted by molar-refractivity contribution is 5.79. The first-order chi connectivity index (χ1) is 12.1. The van der Waals surface area contributed by atoms with Crippen molar-refractivity contribution in [1.82, 2.24) is 0 Å². The minimum atomic E-state index is 0.872. The van der Waals surface area contributed by atoms with E-state index in [1.54, 1.807) is 7.11 Å². The van der Waals surface area contributed by atoms with Crippen LogP contribution in [0.15, 0.2) is 72.8 Å². The van der Waals surface area contributed by atoms with Gasteiger partial charge in [0.2, 0.25) is 0 Å². The predicted octanol–water partition coefficient (Wildman–Crippen LogP) is 5.54. The van der Waals surface area contributed by atoms with Crippen LogP contribution in [0.5, 0.6) is 5.75 Å². The zero-order chi connectivity index (χ0) is 17.8. The Morgan fingerprint density at radius 2 is 1.32 bits per heavy atom. The Bertz CT molecular complexity index is 826. The molecule has 0 aromatic heterocycles. The van der Waals surface area contributed by atoms with E-state index in [1.807, 2.05) is 12.1 Å². The molecule has 3 rings (SSSR count). The molecule has 3 heteroatoms. The minimum Gasteiger partial charge on any atom is -0.497 e. The largest absolute Gasteiger partial charge is 0.497 e. The van der Waals surface area contributed by atoms with Crippen molar-refractivity contribution in [2.24, 2.45) is 0 Å². The summed E-state index contributed by atoms with van der Waals surface area (Å²) in [5.74, 6) is 0.872. The molecule has 0 aliphatic carbocycles. The summed E-state index contributed by atoms with van der Waals surface area (Å²) in [5, 5.41) is 0. The van der Waals surface area contributed by atoms with Crippen LogP contribution in [-0.4, -0.2) is 21.2 Å². The molecule has 0 fully saturated rings. The Morgan fingerprint density at radius 3 is 1.88 bits per heavy atom. The molecule has 0 saturated carbocycles. The molecule has 0 aliphatic rings. The van der Waals surface area contributed by atoms with Crippen molar-refractivity contribution in [2.45, 2.75) is 6.92 Å². The highest BCUT2D eigenvalue weighted by Gasteiger charge is 2.15. The van der Waals surface area contributed by atoms with E-state index in [0.29, 0.717) is 0 Å². The fourth-order valence-corrected chi connectivity index (χ4v) is 2.91. The average molecular weight is 332 g/mol. The van der Waals surface area contributed by atoms with Crippen LogP contribution >= 0.6 is 0 Å². The molecule has 0 saturated heterocycles. The van der Waals surface area contributed by atoms with Gasteiger partial charge in [0, 0.05) is 36.8 Å². The van der Waals surface area contributed by atoms with Gasteiger partial charge >= 0.3 is 0 Å². The third-order valence-electron chi connectivity index (χ3n) is 4.28. The zero-order valence-electron chi connectivity index (χ0n) is 15.2. The quantitative estimate of drug-likeness (QED) is 0.610. The van der Waals surface area contributed by atoms with Crippen LogP contribution in [0.3, 0.4) is 0 Å². The standard InChI is InChI=1S/C22H24N2O/c1-17-16-21(25-4)14-15-22(17)24(19-8-6-5-7-9-19)20-12-10-18(11-13-20)23(2)3/h5-16H,1-4H3. The van der Waals surface area contributed by atoms with Crippen LogP contribution < -0.4 is 14.5 Å². The fraction of sp³-hybridized carbons (Fsp3) is 0.182. The summed E-state index contributed by atoms with van der Waals surface area (Å²) in [6, 6.07) is 25.2. The lowest BCUT2D eigenvalue weighted by Gasteiger charge is -2.27. The van der Waals surface area contributed by atoms with Crippen LogP contribution in [-0.2, 0) is 0 Å². The van der Waals surface area contributed by atoms with Crippen LogP contribution in [0.4, 0.5) is 22.7 Å². The third-order valence-corrected chi connectivity index (χ3v) is 4.28. The number of benzene rings is 3. The molecule has 3 aromatic rings. The molecule has 0 heterocycles. The van der Waals surface area contributed by atoms with Crippen LogP contribution in [0.25, 0.3) is 0 Å². The summed E-state index contributed by atoms with van der Waals surface area (Å²) < 4.78 is 5.36. The summed E-state index contributed by atoms with van der Waals surface area (Å²) in [6.45, 7) is 2.11. The van der Waals surface area contributed by atoms with Gasteiger partial charge in [0.05, 0.1) is 7.11 Å². The van der Waals surface area contributed by atoms with Crippen molar-refractivity contribution in [2.75, 3.05) is 31.0 Å². The summed E-state index contributed by atoms with van der Waals surface area (Å²) in [6.07, 6.45) is 0. The van der Waals surface area contributed by atoms with Crippen LogP contribution in [0.2, 0.25) is 0 Å². The van der Waals surface area contributed by atoms with E-state index in [2.05, 4.69) is 91.5 Å². The van der Waals surface area contributed by atoms with Crippen molar-refractivity contribution < 1.29 is 4.74 Å². The Kier molecular flexibility index (Phi) is 4.94. The molecule has 0 N–H and O–H groups in total. The van der Waals surface area contributed by atoms with Crippen molar-refractivity contribution in [1.29, 1.82) is 0 Å². The van der Waals surface area contributed by atoms with E-state index in [0.717, 1.165) is 22.8 Å². The monoisotopic (exact) mass is 332 g/mol. The number of anilines is 4. The minimum absolute atomic E-state index is 0.872. The number of rotatable bonds is 5. The normalized spacial score (nSPS) is 10.4. The second kappa shape index (κ2) is 7.31. The molecule has 25 heavy (non-hydrogen) atoms. The molecule has 0 bridgehead atoms. The number of para-hydroxylation sites is 1. The number of methoxy groups -OCH3 is 1. The lowest BCUT2D eigenvalue weighted by molar-refractivity contribution is 0.414. The van der Waals surface area contributed by atoms with E-state index in [4.69, 9.17) is 4.74 Å². The summed E-state index contributed by atoms with van der Waals surface area (Å²) >= 11 is 0. The van der Waals surface area contributed by atoms with Crippen LogP contribution in [0.1, 0.15) is 5.56 Å². The lowest BCUT2D eigenvalue weighted by Crippen LogP contribution is -2.12. The van der Waals surface area contributed by atoms with Gasteiger partial charge in [0.25, 0.3) is 0 Å². The molecule has 3 aromatic carbocycles. The van der Waals surface area contributed by atoms with E-state index < -0.39 is 0 Å². The first-order valence-electron chi connectivity index (χ1n) is 8.37. The predicted molar refractivity (Wildman–Crippen MR) is 107 cm³/mol. The molecule has 3 nitrogen and oxygen atoms in total. The van der Waals surface area contributed by atoms with E-state index in [-0.39, 0.29) is 0 Å². The summed E-state index contributed by atoms with van der Waals surface area (Å²) in [5.41, 5.74) is 5.76. The van der Waals surface area contributed by atoms with Gasteiger partial charge in [-0.2, -0.15) is 0 Å². The van der Waals surface area contributed by atoms with Gasteiger partial charge in [-0.3, -0.25) is 0 Å². The maximum absolute atomic E-state index is 5.36.